The minimum absolute atomic E-state index is 0.336. The molecule has 0 aromatic carbocycles. The molecule has 0 radical (unpaired) electrons. The number of hydrogen-bond acceptors (Lipinski definition) is 3. The average Bonchev–Trinajstić information content (AvgIpc) is 2.50. The molecular weight excluding hydrogens is 248 g/mol. The van der Waals surface area contributed by atoms with Crippen molar-refractivity contribution in [2.24, 2.45) is 0 Å². The van der Waals surface area contributed by atoms with Gasteiger partial charge in [-0.05, 0) is 22.4 Å². The highest BCUT2D eigenvalue weighted by molar-refractivity contribution is 9.11. The molecule has 1 unspecified atom stereocenters. The Morgan fingerprint density at radius 2 is 2.62 bits per heavy atom. The fourth-order valence-electron chi connectivity index (χ4n) is 0.935. The molecule has 0 aliphatic carbocycles. The van der Waals surface area contributed by atoms with Crippen LogP contribution in [0.4, 0.5) is 5.13 Å². The summed E-state index contributed by atoms with van der Waals surface area (Å²) in [5, 5.41) is 4.21. The van der Waals surface area contributed by atoms with Crippen LogP contribution in [0, 0.1) is 12.3 Å². The third-order valence-electron chi connectivity index (χ3n) is 1.66. The highest BCUT2D eigenvalue weighted by Gasteiger charge is 2.06. The topological polar surface area (TPSA) is 24.9 Å². The number of halogens is 1. The van der Waals surface area contributed by atoms with Gasteiger partial charge in [0.15, 0.2) is 5.13 Å². The summed E-state index contributed by atoms with van der Waals surface area (Å²) >= 11 is 4.94. The van der Waals surface area contributed by atoms with Crippen molar-refractivity contribution in [2.75, 3.05) is 5.32 Å². The van der Waals surface area contributed by atoms with Crippen molar-refractivity contribution in [3.05, 3.63) is 9.98 Å². The molecule has 13 heavy (non-hydrogen) atoms. The summed E-state index contributed by atoms with van der Waals surface area (Å²) in [6, 6.07) is 0.336. The Morgan fingerprint density at radius 3 is 3.08 bits per heavy atom. The van der Waals surface area contributed by atoms with Crippen LogP contribution in [-0.4, -0.2) is 11.0 Å². The maximum Gasteiger partial charge on any atom is 0.183 e. The molecule has 0 aliphatic heterocycles. The number of rotatable bonds is 4. The molecule has 0 spiro atoms. The summed E-state index contributed by atoms with van der Waals surface area (Å²) in [5.41, 5.74) is 0. The molecule has 2 nitrogen and oxygen atoms in total. The number of nitrogens with zero attached hydrogens (tertiary/aromatic N) is 1. The molecule has 1 aromatic rings. The fraction of sp³-hybridized carbons (Fsp3) is 0.444. The second kappa shape index (κ2) is 5.25. The molecule has 0 amide bonds. The average molecular weight is 259 g/mol. The van der Waals surface area contributed by atoms with E-state index in [1.54, 1.807) is 17.5 Å². The number of terminal acetylenes is 1. The number of hydrogen-bond donors (Lipinski definition) is 1. The molecule has 1 atom stereocenters. The van der Waals surface area contributed by atoms with Gasteiger partial charge in [0, 0.05) is 12.5 Å². The highest BCUT2D eigenvalue weighted by Crippen LogP contribution is 2.24. The van der Waals surface area contributed by atoms with E-state index in [0.717, 1.165) is 21.8 Å². The molecule has 1 heterocycles. The number of anilines is 1. The monoisotopic (exact) mass is 258 g/mol. The van der Waals surface area contributed by atoms with Crippen molar-refractivity contribution in [1.29, 1.82) is 0 Å². The van der Waals surface area contributed by atoms with Gasteiger partial charge in [0.2, 0.25) is 0 Å². The zero-order valence-corrected chi connectivity index (χ0v) is 9.78. The van der Waals surface area contributed by atoms with Crippen LogP contribution < -0.4 is 5.32 Å². The van der Waals surface area contributed by atoms with Crippen LogP contribution in [0.5, 0.6) is 0 Å². The Hall–Kier alpha value is -0.530. The first kappa shape index (κ1) is 10.6. The molecule has 1 aromatic heterocycles. The van der Waals surface area contributed by atoms with E-state index in [4.69, 9.17) is 6.42 Å². The lowest BCUT2D eigenvalue weighted by Gasteiger charge is -2.12. The Kier molecular flexibility index (Phi) is 4.26. The van der Waals surface area contributed by atoms with Crippen LogP contribution in [0.1, 0.15) is 19.8 Å². The maximum absolute atomic E-state index is 5.25. The SMILES string of the molecule is C#CCC(CC)Nc1ncc(Br)s1. The molecule has 1 N–H and O–H groups in total. The molecule has 0 bridgehead atoms. The number of thiazole rings is 1. The minimum Gasteiger partial charge on any atom is -0.358 e. The number of aromatic nitrogens is 1. The third-order valence-corrected chi connectivity index (χ3v) is 3.07. The van der Waals surface area contributed by atoms with Gasteiger partial charge in [0.25, 0.3) is 0 Å². The smallest absolute Gasteiger partial charge is 0.183 e. The zero-order chi connectivity index (χ0) is 9.68. The van der Waals surface area contributed by atoms with Gasteiger partial charge in [-0.2, -0.15) is 0 Å². The van der Waals surface area contributed by atoms with Crippen LogP contribution in [0.25, 0.3) is 0 Å². The summed E-state index contributed by atoms with van der Waals surface area (Å²) in [6.07, 6.45) is 8.79. The minimum atomic E-state index is 0.336. The van der Waals surface area contributed by atoms with E-state index in [1.807, 2.05) is 0 Å². The molecule has 70 valence electrons. The van der Waals surface area contributed by atoms with Crippen molar-refractivity contribution in [3.8, 4) is 12.3 Å². The van der Waals surface area contributed by atoms with Crippen molar-refractivity contribution in [3.63, 3.8) is 0 Å². The predicted molar refractivity (Wildman–Crippen MR) is 61.0 cm³/mol. The first-order valence-electron chi connectivity index (χ1n) is 4.07. The lowest BCUT2D eigenvalue weighted by molar-refractivity contribution is 0.714. The quantitative estimate of drug-likeness (QED) is 0.840. The highest BCUT2D eigenvalue weighted by atomic mass is 79.9. The molecular formula is C9H11BrN2S. The van der Waals surface area contributed by atoms with Gasteiger partial charge in [-0.15, -0.1) is 12.3 Å². The Labute approximate surface area is 90.9 Å². The van der Waals surface area contributed by atoms with Crippen LogP contribution in [-0.2, 0) is 0 Å². The van der Waals surface area contributed by atoms with E-state index in [1.165, 1.54) is 0 Å². The zero-order valence-electron chi connectivity index (χ0n) is 7.38. The van der Waals surface area contributed by atoms with Gasteiger partial charge >= 0.3 is 0 Å². The normalized spacial score (nSPS) is 12.1. The van der Waals surface area contributed by atoms with E-state index >= 15 is 0 Å². The Bertz CT molecular complexity index is 303. The summed E-state index contributed by atoms with van der Waals surface area (Å²) in [7, 11) is 0. The number of nitrogens with one attached hydrogen (secondary N) is 1. The molecule has 1 rings (SSSR count). The van der Waals surface area contributed by atoms with Gasteiger partial charge in [-0.1, -0.05) is 18.3 Å². The summed E-state index contributed by atoms with van der Waals surface area (Å²) in [6.45, 7) is 2.11. The largest absolute Gasteiger partial charge is 0.358 e. The molecule has 0 aliphatic rings. The predicted octanol–water partition coefficient (Wildman–Crippen LogP) is 3.12. The van der Waals surface area contributed by atoms with Crippen molar-refractivity contribution >= 4 is 32.4 Å². The maximum atomic E-state index is 5.25. The standard InChI is InChI=1S/C9H11BrN2S/c1-3-5-7(4-2)12-9-11-6-8(10)13-9/h1,6-7H,4-5H2,2H3,(H,11,12). The van der Waals surface area contributed by atoms with Gasteiger partial charge in [-0.25, -0.2) is 4.98 Å². The van der Waals surface area contributed by atoms with Crippen LogP contribution >= 0.6 is 27.3 Å². The molecule has 4 heteroatoms. The van der Waals surface area contributed by atoms with Crippen LogP contribution in [0.2, 0.25) is 0 Å². The Balaban J connectivity index is 2.52. The van der Waals surface area contributed by atoms with E-state index in [0.29, 0.717) is 6.04 Å². The summed E-state index contributed by atoms with van der Waals surface area (Å²) in [4.78, 5) is 4.18. The summed E-state index contributed by atoms with van der Waals surface area (Å²) < 4.78 is 1.03. The lowest BCUT2D eigenvalue weighted by atomic mass is 10.2. The van der Waals surface area contributed by atoms with Crippen molar-refractivity contribution in [1.82, 2.24) is 4.98 Å². The first-order valence-corrected chi connectivity index (χ1v) is 5.68. The summed E-state index contributed by atoms with van der Waals surface area (Å²) in [5.74, 6) is 2.65. The Morgan fingerprint density at radius 1 is 1.85 bits per heavy atom. The van der Waals surface area contributed by atoms with Crippen LogP contribution in [0.15, 0.2) is 9.98 Å². The first-order chi connectivity index (χ1) is 6.26. The third kappa shape index (κ3) is 3.37. The van der Waals surface area contributed by atoms with Crippen LogP contribution in [0.3, 0.4) is 0 Å². The van der Waals surface area contributed by atoms with E-state index < -0.39 is 0 Å². The van der Waals surface area contributed by atoms with Gasteiger partial charge in [0.05, 0.1) is 9.98 Å². The van der Waals surface area contributed by atoms with E-state index in [-0.39, 0.29) is 0 Å². The second-order valence-electron chi connectivity index (χ2n) is 2.63. The second-order valence-corrected chi connectivity index (χ2v) is 5.04. The molecule has 0 fully saturated rings. The van der Waals surface area contributed by atoms with Gasteiger partial charge in [-0.3, -0.25) is 0 Å². The van der Waals surface area contributed by atoms with Gasteiger partial charge < -0.3 is 5.32 Å². The van der Waals surface area contributed by atoms with E-state index in [9.17, 15) is 0 Å². The molecule has 0 saturated heterocycles. The lowest BCUT2D eigenvalue weighted by Crippen LogP contribution is -2.17. The molecule has 0 saturated carbocycles. The fourth-order valence-corrected chi connectivity index (χ4v) is 2.12. The van der Waals surface area contributed by atoms with E-state index in [2.05, 4.69) is 39.1 Å². The van der Waals surface area contributed by atoms with Crippen molar-refractivity contribution < 1.29 is 0 Å². The van der Waals surface area contributed by atoms with Gasteiger partial charge in [0.1, 0.15) is 0 Å². The van der Waals surface area contributed by atoms with Crippen molar-refractivity contribution in [2.45, 2.75) is 25.8 Å².